The van der Waals surface area contributed by atoms with Gasteiger partial charge in [0.25, 0.3) is 0 Å². The quantitative estimate of drug-likeness (QED) is 0.418. The molecule has 2 aromatic carbocycles. The maximum absolute atomic E-state index is 13.5. The first-order chi connectivity index (χ1) is 19.3. The van der Waals surface area contributed by atoms with Gasteiger partial charge in [-0.05, 0) is 69.4 Å². The number of benzene rings is 2. The van der Waals surface area contributed by atoms with Gasteiger partial charge in [0.1, 0.15) is 23.5 Å². The summed E-state index contributed by atoms with van der Waals surface area (Å²) in [6.45, 7) is 9.62. The molecule has 2 aromatic rings. The summed E-state index contributed by atoms with van der Waals surface area (Å²) in [5, 5.41) is 8.32. The highest BCUT2D eigenvalue weighted by Crippen LogP contribution is 2.20. The number of alkyl carbamates (subject to hydrolysis) is 1. The Morgan fingerprint density at radius 2 is 1.56 bits per heavy atom. The first-order valence-electron chi connectivity index (χ1n) is 14.0. The zero-order valence-corrected chi connectivity index (χ0v) is 24.4. The second-order valence-corrected chi connectivity index (χ2v) is 11.7. The number of halogens is 1. The maximum atomic E-state index is 13.5. The number of rotatable bonds is 9. The van der Waals surface area contributed by atoms with E-state index in [1.54, 1.807) is 25.7 Å². The van der Waals surface area contributed by atoms with Crippen LogP contribution in [0, 0.1) is 17.7 Å². The van der Waals surface area contributed by atoms with Crippen LogP contribution >= 0.6 is 0 Å². The number of hydrogen-bond donors (Lipinski definition) is 3. The van der Waals surface area contributed by atoms with Gasteiger partial charge in [0.2, 0.25) is 17.7 Å². The molecule has 0 aromatic heterocycles. The second-order valence-electron chi connectivity index (χ2n) is 11.7. The van der Waals surface area contributed by atoms with E-state index >= 15 is 0 Å². The molecule has 222 valence electrons. The molecule has 2 atom stereocenters. The Balaban J connectivity index is 1.59. The summed E-state index contributed by atoms with van der Waals surface area (Å²) in [5.74, 6) is -1.84. The number of likely N-dealkylation sites (tertiary alicyclic amines) is 1. The van der Waals surface area contributed by atoms with Crippen molar-refractivity contribution in [3.8, 4) is 0 Å². The van der Waals surface area contributed by atoms with Crippen molar-refractivity contribution < 1.29 is 28.3 Å². The summed E-state index contributed by atoms with van der Waals surface area (Å²) in [6, 6.07) is 13.2. The number of carbonyl (C=O) groups excluding carboxylic acids is 4. The fourth-order valence-corrected chi connectivity index (χ4v) is 4.64. The van der Waals surface area contributed by atoms with Gasteiger partial charge in [-0.1, -0.05) is 44.2 Å². The third kappa shape index (κ3) is 9.88. The van der Waals surface area contributed by atoms with Gasteiger partial charge >= 0.3 is 6.09 Å². The number of piperidine rings is 1. The Bertz CT molecular complexity index is 1190. The van der Waals surface area contributed by atoms with E-state index in [9.17, 15) is 23.6 Å². The number of amides is 4. The van der Waals surface area contributed by atoms with E-state index in [-0.39, 0.29) is 29.6 Å². The van der Waals surface area contributed by atoms with Crippen LogP contribution in [-0.4, -0.2) is 59.5 Å². The van der Waals surface area contributed by atoms with Crippen LogP contribution in [0.2, 0.25) is 0 Å². The van der Waals surface area contributed by atoms with Crippen LogP contribution < -0.4 is 16.0 Å². The van der Waals surface area contributed by atoms with Crippen LogP contribution in [0.25, 0.3) is 0 Å². The standard InChI is InChI=1S/C31H41FN4O5/c1-20(2)26(28(38)33-24-13-11-23(32)12-14-24)35-27(37)22-15-17-36(18-16-22)29(39)25(19-21-9-7-6-8-10-21)34-30(40)41-31(3,4)5/h6-14,20,22,25-26H,15-19H2,1-5H3,(H,33,38)(H,34,40)(H,35,37)/t25-,26-/m1/s1. The van der Waals surface area contributed by atoms with E-state index in [0.717, 1.165) is 5.56 Å². The predicted octanol–water partition coefficient (Wildman–Crippen LogP) is 4.28. The fourth-order valence-electron chi connectivity index (χ4n) is 4.64. The number of hydrogen-bond acceptors (Lipinski definition) is 5. The lowest BCUT2D eigenvalue weighted by Crippen LogP contribution is -2.54. The molecule has 1 aliphatic rings. The van der Waals surface area contributed by atoms with E-state index in [1.807, 2.05) is 44.2 Å². The van der Waals surface area contributed by atoms with Gasteiger partial charge in [-0.15, -0.1) is 0 Å². The zero-order chi connectivity index (χ0) is 30.2. The molecule has 1 fully saturated rings. The van der Waals surface area contributed by atoms with Crippen LogP contribution in [0.1, 0.15) is 53.0 Å². The summed E-state index contributed by atoms with van der Waals surface area (Å²) in [4.78, 5) is 53.7. The van der Waals surface area contributed by atoms with Crippen molar-refractivity contribution in [2.75, 3.05) is 18.4 Å². The minimum absolute atomic E-state index is 0.182. The van der Waals surface area contributed by atoms with E-state index in [1.165, 1.54) is 24.3 Å². The van der Waals surface area contributed by atoms with Crippen molar-refractivity contribution in [1.82, 2.24) is 15.5 Å². The molecule has 0 bridgehead atoms. The Morgan fingerprint density at radius 3 is 2.12 bits per heavy atom. The minimum atomic E-state index is -0.821. The lowest BCUT2D eigenvalue weighted by molar-refractivity contribution is -0.138. The number of nitrogens with one attached hydrogen (secondary N) is 3. The average molecular weight is 569 g/mol. The van der Waals surface area contributed by atoms with Crippen LogP contribution in [0.15, 0.2) is 54.6 Å². The molecule has 0 spiro atoms. The van der Waals surface area contributed by atoms with Crippen LogP contribution in [0.4, 0.5) is 14.9 Å². The maximum Gasteiger partial charge on any atom is 0.408 e. The van der Waals surface area contributed by atoms with E-state index in [2.05, 4.69) is 16.0 Å². The molecular weight excluding hydrogens is 527 g/mol. The first kappa shape index (κ1) is 31.6. The number of nitrogens with zero attached hydrogens (tertiary/aromatic N) is 1. The van der Waals surface area contributed by atoms with Crippen molar-refractivity contribution in [2.24, 2.45) is 11.8 Å². The minimum Gasteiger partial charge on any atom is -0.444 e. The summed E-state index contributed by atoms with van der Waals surface area (Å²) in [7, 11) is 0. The normalized spacial score (nSPS) is 15.5. The molecule has 41 heavy (non-hydrogen) atoms. The lowest BCUT2D eigenvalue weighted by Gasteiger charge is -2.35. The van der Waals surface area contributed by atoms with Crippen molar-refractivity contribution in [3.63, 3.8) is 0 Å². The first-order valence-corrected chi connectivity index (χ1v) is 14.0. The molecule has 3 N–H and O–H groups in total. The zero-order valence-electron chi connectivity index (χ0n) is 24.4. The number of anilines is 1. The van der Waals surface area contributed by atoms with Gasteiger partial charge < -0.3 is 25.6 Å². The van der Waals surface area contributed by atoms with E-state index in [4.69, 9.17) is 4.74 Å². The molecule has 1 saturated heterocycles. The van der Waals surface area contributed by atoms with Crippen molar-refractivity contribution in [2.45, 2.75) is 71.6 Å². The molecule has 0 unspecified atom stereocenters. The van der Waals surface area contributed by atoms with Gasteiger partial charge in [0, 0.05) is 31.1 Å². The molecule has 0 saturated carbocycles. The molecule has 0 aliphatic carbocycles. The Hall–Kier alpha value is -3.95. The smallest absolute Gasteiger partial charge is 0.408 e. The third-order valence-electron chi connectivity index (χ3n) is 6.81. The topological polar surface area (TPSA) is 117 Å². The van der Waals surface area contributed by atoms with Crippen LogP contribution in [0.5, 0.6) is 0 Å². The van der Waals surface area contributed by atoms with Crippen LogP contribution in [-0.2, 0) is 25.5 Å². The number of ether oxygens (including phenoxy) is 1. The van der Waals surface area contributed by atoms with Crippen molar-refractivity contribution in [3.05, 3.63) is 66.0 Å². The van der Waals surface area contributed by atoms with E-state index < -0.39 is 29.6 Å². The molecule has 3 rings (SSSR count). The van der Waals surface area contributed by atoms with Crippen molar-refractivity contribution >= 4 is 29.5 Å². The number of carbonyl (C=O) groups is 4. The van der Waals surface area contributed by atoms with Gasteiger partial charge in [-0.2, -0.15) is 0 Å². The molecular formula is C31H41FN4O5. The van der Waals surface area contributed by atoms with Gasteiger partial charge in [-0.25, -0.2) is 9.18 Å². The monoisotopic (exact) mass is 568 g/mol. The molecule has 0 radical (unpaired) electrons. The lowest BCUT2D eigenvalue weighted by atomic mass is 9.93. The highest BCUT2D eigenvalue weighted by atomic mass is 19.1. The highest BCUT2D eigenvalue weighted by molar-refractivity contribution is 5.97. The molecule has 1 heterocycles. The summed E-state index contributed by atoms with van der Waals surface area (Å²) >= 11 is 0. The summed E-state index contributed by atoms with van der Waals surface area (Å²) in [6.07, 6.45) is 0.483. The van der Waals surface area contributed by atoms with E-state index in [0.29, 0.717) is 38.0 Å². The fraction of sp³-hybridized carbons (Fsp3) is 0.484. The van der Waals surface area contributed by atoms with Gasteiger partial charge in [-0.3, -0.25) is 14.4 Å². The SMILES string of the molecule is CC(C)[C@@H](NC(=O)C1CCN(C(=O)[C@@H](Cc2ccccc2)NC(=O)OC(C)(C)C)CC1)C(=O)Nc1ccc(F)cc1. The van der Waals surface area contributed by atoms with Gasteiger partial charge in [0.15, 0.2) is 0 Å². The largest absolute Gasteiger partial charge is 0.444 e. The molecule has 4 amide bonds. The third-order valence-corrected chi connectivity index (χ3v) is 6.81. The summed E-state index contributed by atoms with van der Waals surface area (Å²) < 4.78 is 18.6. The molecule has 9 nitrogen and oxygen atoms in total. The highest BCUT2D eigenvalue weighted by Gasteiger charge is 2.34. The Morgan fingerprint density at radius 1 is 0.951 bits per heavy atom. The summed E-state index contributed by atoms with van der Waals surface area (Å²) in [5.41, 5.74) is 0.628. The second kappa shape index (κ2) is 14.1. The average Bonchev–Trinajstić information content (AvgIpc) is 2.91. The Kier molecular flexibility index (Phi) is 10.9. The predicted molar refractivity (Wildman–Crippen MR) is 154 cm³/mol. The Labute approximate surface area is 241 Å². The van der Waals surface area contributed by atoms with Gasteiger partial charge in [0.05, 0.1) is 0 Å². The molecule has 10 heteroatoms. The van der Waals surface area contributed by atoms with Crippen molar-refractivity contribution in [1.29, 1.82) is 0 Å². The molecule has 1 aliphatic heterocycles. The van der Waals surface area contributed by atoms with Crippen LogP contribution in [0.3, 0.4) is 0 Å².